The van der Waals surface area contributed by atoms with Crippen molar-refractivity contribution < 1.29 is 4.74 Å². The molecule has 1 aromatic heterocycles. The number of rotatable bonds is 2. The molecule has 0 fully saturated rings. The number of nitrogens with zero attached hydrogens (tertiary/aromatic N) is 1. The molecule has 1 aromatic rings. The van der Waals surface area contributed by atoms with Crippen LogP contribution in [0.25, 0.3) is 0 Å². The van der Waals surface area contributed by atoms with Gasteiger partial charge in [0.1, 0.15) is 5.75 Å². The van der Waals surface area contributed by atoms with Gasteiger partial charge in [-0.15, -0.1) is 0 Å². The van der Waals surface area contributed by atoms with E-state index in [0.29, 0.717) is 6.54 Å². The minimum absolute atomic E-state index is 0.493. The molecule has 66 valence electrons. The third-order valence-electron chi connectivity index (χ3n) is 1.77. The molecule has 0 amide bonds. The number of nitrogens with two attached hydrogens (primary N) is 1. The molecule has 3 heteroatoms. The van der Waals surface area contributed by atoms with Crippen LogP contribution in [0.3, 0.4) is 0 Å². The first-order valence-electron chi connectivity index (χ1n) is 3.90. The predicted octanol–water partition coefficient (Wildman–Crippen LogP) is 1.17. The van der Waals surface area contributed by atoms with Gasteiger partial charge in [0.2, 0.25) is 0 Å². The SMILES string of the molecule is COc1c(CN)cc(C)nc1C. The first-order valence-corrected chi connectivity index (χ1v) is 3.90. The highest BCUT2D eigenvalue weighted by atomic mass is 16.5. The molecule has 0 radical (unpaired) electrons. The monoisotopic (exact) mass is 166 g/mol. The zero-order valence-corrected chi connectivity index (χ0v) is 7.72. The van der Waals surface area contributed by atoms with Crippen LogP contribution >= 0.6 is 0 Å². The third-order valence-corrected chi connectivity index (χ3v) is 1.77. The van der Waals surface area contributed by atoms with Gasteiger partial charge in [-0.25, -0.2) is 0 Å². The largest absolute Gasteiger partial charge is 0.495 e. The Morgan fingerprint density at radius 1 is 1.50 bits per heavy atom. The highest BCUT2D eigenvalue weighted by Crippen LogP contribution is 2.21. The summed E-state index contributed by atoms with van der Waals surface area (Å²) in [5, 5.41) is 0. The van der Waals surface area contributed by atoms with E-state index in [-0.39, 0.29) is 0 Å². The summed E-state index contributed by atoms with van der Waals surface area (Å²) >= 11 is 0. The van der Waals surface area contributed by atoms with Gasteiger partial charge in [0.15, 0.2) is 0 Å². The number of ether oxygens (including phenoxy) is 1. The van der Waals surface area contributed by atoms with E-state index in [1.807, 2.05) is 19.9 Å². The van der Waals surface area contributed by atoms with Gasteiger partial charge >= 0.3 is 0 Å². The van der Waals surface area contributed by atoms with E-state index in [9.17, 15) is 0 Å². The number of aromatic nitrogens is 1. The minimum Gasteiger partial charge on any atom is -0.495 e. The highest BCUT2D eigenvalue weighted by molar-refractivity contribution is 5.38. The van der Waals surface area contributed by atoms with Gasteiger partial charge in [0.05, 0.1) is 12.8 Å². The van der Waals surface area contributed by atoms with Gasteiger partial charge in [0, 0.05) is 17.8 Å². The lowest BCUT2D eigenvalue weighted by molar-refractivity contribution is 0.404. The average molecular weight is 166 g/mol. The number of hydrogen-bond acceptors (Lipinski definition) is 3. The molecule has 1 heterocycles. The first kappa shape index (κ1) is 9.00. The first-order chi connectivity index (χ1) is 5.69. The number of aryl methyl sites for hydroxylation is 2. The van der Waals surface area contributed by atoms with E-state index in [2.05, 4.69) is 4.98 Å². The molecule has 0 atom stereocenters. The maximum Gasteiger partial charge on any atom is 0.144 e. The number of hydrogen-bond donors (Lipinski definition) is 1. The number of pyridine rings is 1. The van der Waals surface area contributed by atoms with E-state index in [4.69, 9.17) is 10.5 Å². The van der Waals surface area contributed by atoms with Crippen molar-refractivity contribution in [1.29, 1.82) is 0 Å². The van der Waals surface area contributed by atoms with E-state index in [1.165, 1.54) is 0 Å². The summed E-state index contributed by atoms with van der Waals surface area (Å²) in [5.41, 5.74) is 8.45. The molecule has 12 heavy (non-hydrogen) atoms. The maximum absolute atomic E-state index is 5.56. The second-order valence-corrected chi connectivity index (χ2v) is 2.75. The fourth-order valence-corrected chi connectivity index (χ4v) is 1.33. The average Bonchev–Trinajstić information content (AvgIpc) is 2.03. The smallest absolute Gasteiger partial charge is 0.144 e. The Hall–Kier alpha value is -1.09. The fourth-order valence-electron chi connectivity index (χ4n) is 1.33. The van der Waals surface area contributed by atoms with Gasteiger partial charge in [-0.3, -0.25) is 4.98 Å². The van der Waals surface area contributed by atoms with Crippen molar-refractivity contribution in [3.63, 3.8) is 0 Å². The summed E-state index contributed by atoms with van der Waals surface area (Å²) in [5.74, 6) is 0.808. The molecular formula is C9H14N2O. The van der Waals surface area contributed by atoms with Crippen molar-refractivity contribution in [2.45, 2.75) is 20.4 Å². The van der Waals surface area contributed by atoms with Crippen molar-refractivity contribution in [3.05, 3.63) is 23.0 Å². The third kappa shape index (κ3) is 1.56. The Bertz CT molecular complexity index is 284. The van der Waals surface area contributed by atoms with E-state index < -0.39 is 0 Å². The Morgan fingerprint density at radius 3 is 2.67 bits per heavy atom. The standard InChI is InChI=1S/C9H14N2O/c1-6-4-8(5-10)9(12-3)7(2)11-6/h4H,5,10H2,1-3H3. The van der Waals surface area contributed by atoms with Crippen LogP contribution in [0.5, 0.6) is 5.75 Å². The molecule has 0 saturated carbocycles. The molecule has 1 rings (SSSR count). The molecule has 0 saturated heterocycles. The lowest BCUT2D eigenvalue weighted by Gasteiger charge is -2.09. The van der Waals surface area contributed by atoms with E-state index in [1.54, 1.807) is 7.11 Å². The summed E-state index contributed by atoms with van der Waals surface area (Å²) < 4.78 is 5.18. The summed E-state index contributed by atoms with van der Waals surface area (Å²) in [6.07, 6.45) is 0. The van der Waals surface area contributed by atoms with Gasteiger partial charge in [-0.1, -0.05) is 0 Å². The van der Waals surface area contributed by atoms with Crippen LogP contribution in [0.4, 0.5) is 0 Å². The molecule has 0 bridgehead atoms. The van der Waals surface area contributed by atoms with E-state index >= 15 is 0 Å². The van der Waals surface area contributed by atoms with Gasteiger partial charge in [0.25, 0.3) is 0 Å². The molecule has 0 aliphatic carbocycles. The summed E-state index contributed by atoms with van der Waals surface area (Å²) in [6.45, 7) is 4.37. The fraction of sp³-hybridized carbons (Fsp3) is 0.444. The predicted molar refractivity (Wildman–Crippen MR) is 48.2 cm³/mol. The highest BCUT2D eigenvalue weighted by Gasteiger charge is 2.06. The van der Waals surface area contributed by atoms with Crippen LogP contribution in [0.1, 0.15) is 17.0 Å². The van der Waals surface area contributed by atoms with Crippen LogP contribution in [-0.2, 0) is 6.54 Å². The Morgan fingerprint density at radius 2 is 2.17 bits per heavy atom. The van der Waals surface area contributed by atoms with Crippen molar-refractivity contribution in [1.82, 2.24) is 4.98 Å². The van der Waals surface area contributed by atoms with Crippen LogP contribution in [0.15, 0.2) is 6.07 Å². The molecule has 0 aromatic carbocycles. The van der Waals surface area contributed by atoms with Crippen LogP contribution in [0.2, 0.25) is 0 Å². The number of methoxy groups -OCH3 is 1. The molecular weight excluding hydrogens is 152 g/mol. The Labute approximate surface area is 72.6 Å². The second kappa shape index (κ2) is 3.54. The summed E-state index contributed by atoms with van der Waals surface area (Å²) in [4.78, 5) is 4.27. The van der Waals surface area contributed by atoms with Gasteiger partial charge in [-0.05, 0) is 19.9 Å². The quantitative estimate of drug-likeness (QED) is 0.717. The van der Waals surface area contributed by atoms with Gasteiger partial charge < -0.3 is 10.5 Å². The van der Waals surface area contributed by atoms with Crippen LogP contribution < -0.4 is 10.5 Å². The minimum atomic E-state index is 0.493. The second-order valence-electron chi connectivity index (χ2n) is 2.75. The molecule has 3 nitrogen and oxygen atoms in total. The lowest BCUT2D eigenvalue weighted by Crippen LogP contribution is -2.03. The Balaban J connectivity index is 3.24. The van der Waals surface area contributed by atoms with Crippen LogP contribution in [0, 0.1) is 13.8 Å². The maximum atomic E-state index is 5.56. The van der Waals surface area contributed by atoms with E-state index in [0.717, 1.165) is 22.7 Å². The topological polar surface area (TPSA) is 48.1 Å². The van der Waals surface area contributed by atoms with Crippen molar-refractivity contribution in [2.75, 3.05) is 7.11 Å². The zero-order valence-electron chi connectivity index (χ0n) is 7.72. The van der Waals surface area contributed by atoms with Crippen molar-refractivity contribution in [2.24, 2.45) is 5.73 Å². The van der Waals surface area contributed by atoms with Gasteiger partial charge in [-0.2, -0.15) is 0 Å². The summed E-state index contributed by atoms with van der Waals surface area (Å²) in [7, 11) is 1.64. The van der Waals surface area contributed by atoms with Crippen molar-refractivity contribution in [3.8, 4) is 5.75 Å². The molecule has 0 aliphatic rings. The van der Waals surface area contributed by atoms with Crippen molar-refractivity contribution >= 4 is 0 Å². The van der Waals surface area contributed by atoms with Crippen LogP contribution in [-0.4, -0.2) is 12.1 Å². The Kier molecular flexibility index (Phi) is 2.65. The molecule has 2 N–H and O–H groups in total. The zero-order chi connectivity index (χ0) is 9.14. The normalized spacial score (nSPS) is 10.0. The molecule has 0 spiro atoms. The molecule has 0 aliphatic heterocycles. The lowest BCUT2D eigenvalue weighted by atomic mass is 10.2. The molecule has 0 unspecified atom stereocenters. The summed E-state index contributed by atoms with van der Waals surface area (Å²) in [6, 6.07) is 1.95.